The maximum atomic E-state index is 11.3. The minimum atomic E-state index is -2.69. The largest absolute Gasteiger partial charge is 0.325 e. The van der Waals surface area contributed by atoms with Crippen LogP contribution in [0.2, 0.25) is 0 Å². The molecule has 0 aliphatic carbocycles. The number of aromatic nitrogens is 2. The molecule has 5 nitrogen and oxygen atoms in total. The van der Waals surface area contributed by atoms with E-state index in [4.69, 9.17) is 10.5 Å². The molecule has 0 amide bonds. The van der Waals surface area contributed by atoms with Crippen LogP contribution in [0, 0.1) is 4.78 Å². The minimum Gasteiger partial charge on any atom is -0.325 e. The first kappa shape index (κ1) is 16.1. The molecule has 0 bridgehead atoms. The van der Waals surface area contributed by atoms with Crippen molar-refractivity contribution in [2.24, 2.45) is 12.8 Å². The molecular formula is C6H14Cl2N4OS. The summed E-state index contributed by atoms with van der Waals surface area (Å²) in [7, 11) is -0.969. The molecule has 0 aliphatic rings. The minimum absolute atomic E-state index is 0. The van der Waals surface area contributed by atoms with E-state index < -0.39 is 9.73 Å². The fourth-order valence-corrected chi connectivity index (χ4v) is 1.91. The van der Waals surface area contributed by atoms with Crippen LogP contribution in [-0.2, 0) is 23.3 Å². The summed E-state index contributed by atoms with van der Waals surface area (Å²) in [4.78, 5) is 0.438. The second-order valence-electron chi connectivity index (χ2n) is 2.63. The highest BCUT2D eigenvalue weighted by atomic mass is 35.5. The van der Waals surface area contributed by atoms with Crippen LogP contribution in [0.4, 0.5) is 0 Å². The highest BCUT2D eigenvalue weighted by Gasteiger charge is 2.12. The van der Waals surface area contributed by atoms with Gasteiger partial charge in [0.1, 0.15) is 0 Å². The summed E-state index contributed by atoms with van der Waals surface area (Å²) >= 11 is 0. The lowest BCUT2D eigenvalue weighted by Crippen LogP contribution is -2.08. The molecule has 0 spiro atoms. The van der Waals surface area contributed by atoms with Crippen LogP contribution >= 0.6 is 24.8 Å². The quantitative estimate of drug-likeness (QED) is 0.824. The lowest BCUT2D eigenvalue weighted by atomic mass is 10.4. The van der Waals surface area contributed by atoms with Crippen LogP contribution in [0.15, 0.2) is 11.1 Å². The Morgan fingerprint density at radius 1 is 1.64 bits per heavy atom. The number of nitrogens with zero attached hydrogens (tertiary/aromatic N) is 2. The zero-order chi connectivity index (χ0) is 9.35. The summed E-state index contributed by atoms with van der Waals surface area (Å²) in [5.41, 5.74) is 6.09. The third kappa shape index (κ3) is 3.13. The van der Waals surface area contributed by atoms with Crippen molar-refractivity contribution in [2.45, 2.75) is 11.4 Å². The van der Waals surface area contributed by atoms with E-state index in [1.54, 1.807) is 11.7 Å². The molecule has 1 atom stereocenters. The molecule has 1 rings (SSSR count). The Kier molecular flexibility index (Phi) is 6.40. The van der Waals surface area contributed by atoms with Gasteiger partial charge in [0.25, 0.3) is 0 Å². The normalized spacial score (nSPS) is 13.6. The van der Waals surface area contributed by atoms with Gasteiger partial charge in [-0.15, -0.1) is 24.8 Å². The highest BCUT2D eigenvalue weighted by Crippen LogP contribution is 2.13. The van der Waals surface area contributed by atoms with Gasteiger partial charge in [0, 0.05) is 19.8 Å². The number of halogens is 2. The highest BCUT2D eigenvalue weighted by molar-refractivity contribution is 7.91. The predicted molar refractivity (Wildman–Crippen MR) is 60.6 cm³/mol. The maximum Gasteiger partial charge on any atom is 0.0894 e. The monoisotopic (exact) mass is 260 g/mol. The van der Waals surface area contributed by atoms with Gasteiger partial charge in [-0.05, 0) is 0 Å². The van der Waals surface area contributed by atoms with E-state index in [1.165, 1.54) is 12.5 Å². The Morgan fingerprint density at radius 2 is 2.14 bits per heavy atom. The Bertz CT molecular complexity index is 387. The molecule has 1 aromatic heterocycles. The van der Waals surface area contributed by atoms with Gasteiger partial charge < -0.3 is 5.73 Å². The van der Waals surface area contributed by atoms with Gasteiger partial charge in [-0.1, -0.05) is 0 Å². The summed E-state index contributed by atoms with van der Waals surface area (Å²) in [6.07, 6.45) is 2.81. The van der Waals surface area contributed by atoms with Crippen molar-refractivity contribution in [3.63, 3.8) is 0 Å². The van der Waals surface area contributed by atoms with Gasteiger partial charge in [0.15, 0.2) is 0 Å². The number of hydrogen-bond donors (Lipinski definition) is 2. The second kappa shape index (κ2) is 5.55. The number of nitrogens with one attached hydrogen (secondary N) is 1. The SMILES string of the molecule is Cl.Cl.Cn1ncc(S(C)(=N)=O)c1CN. The first-order chi connectivity index (χ1) is 5.46. The van der Waals surface area contributed by atoms with Crippen LogP contribution in [0.1, 0.15) is 5.69 Å². The Hall–Kier alpha value is -0.300. The van der Waals surface area contributed by atoms with Crippen molar-refractivity contribution in [3.05, 3.63) is 11.9 Å². The second-order valence-corrected chi connectivity index (χ2v) is 4.75. The van der Waals surface area contributed by atoms with Crippen molar-refractivity contribution >= 4 is 34.5 Å². The molecule has 0 radical (unpaired) electrons. The van der Waals surface area contributed by atoms with Gasteiger partial charge in [0.2, 0.25) is 0 Å². The van der Waals surface area contributed by atoms with E-state index in [0.717, 1.165) is 0 Å². The molecule has 1 aromatic rings. The van der Waals surface area contributed by atoms with Crippen molar-refractivity contribution < 1.29 is 4.21 Å². The fourth-order valence-electron chi connectivity index (χ4n) is 1.00. The molecule has 0 aromatic carbocycles. The molecule has 0 saturated carbocycles. The van der Waals surface area contributed by atoms with Gasteiger partial charge in [-0.2, -0.15) is 5.10 Å². The topological polar surface area (TPSA) is 84.8 Å². The van der Waals surface area contributed by atoms with Crippen LogP contribution in [0.25, 0.3) is 0 Å². The lowest BCUT2D eigenvalue weighted by Gasteiger charge is -2.01. The molecular weight excluding hydrogens is 247 g/mol. The average Bonchev–Trinajstić information content (AvgIpc) is 2.29. The smallest absolute Gasteiger partial charge is 0.0894 e. The Morgan fingerprint density at radius 3 is 2.43 bits per heavy atom. The summed E-state index contributed by atoms with van der Waals surface area (Å²) in [6.45, 7) is 0.259. The van der Waals surface area contributed by atoms with E-state index in [9.17, 15) is 4.21 Å². The maximum absolute atomic E-state index is 11.3. The summed E-state index contributed by atoms with van der Waals surface area (Å²) in [6, 6.07) is 0. The molecule has 14 heavy (non-hydrogen) atoms. The molecule has 1 unspecified atom stereocenters. The van der Waals surface area contributed by atoms with Crippen molar-refractivity contribution in [3.8, 4) is 0 Å². The number of hydrogen-bond acceptors (Lipinski definition) is 4. The van der Waals surface area contributed by atoms with Gasteiger partial charge in [0.05, 0.1) is 26.5 Å². The molecule has 0 aliphatic heterocycles. The van der Waals surface area contributed by atoms with Crippen LogP contribution < -0.4 is 5.73 Å². The van der Waals surface area contributed by atoms with E-state index >= 15 is 0 Å². The Balaban J connectivity index is 0. The van der Waals surface area contributed by atoms with E-state index in [0.29, 0.717) is 10.6 Å². The zero-order valence-corrected chi connectivity index (χ0v) is 10.3. The fraction of sp³-hybridized carbons (Fsp3) is 0.500. The summed E-state index contributed by atoms with van der Waals surface area (Å²) < 4.78 is 20.2. The zero-order valence-electron chi connectivity index (χ0n) is 7.89. The molecule has 1 heterocycles. The van der Waals surface area contributed by atoms with Crippen molar-refractivity contribution in [1.82, 2.24) is 9.78 Å². The van der Waals surface area contributed by atoms with Gasteiger partial charge >= 0.3 is 0 Å². The molecule has 84 valence electrons. The standard InChI is InChI=1S/C6H12N4OS.2ClH/c1-10-5(3-7)6(4-9-10)12(2,8)11;;/h4,8H,3,7H2,1-2H3;2*1H. The number of rotatable bonds is 2. The lowest BCUT2D eigenvalue weighted by molar-refractivity contribution is 0.674. The first-order valence-electron chi connectivity index (χ1n) is 3.41. The molecule has 0 fully saturated rings. The van der Waals surface area contributed by atoms with Crippen LogP contribution in [0.3, 0.4) is 0 Å². The van der Waals surface area contributed by atoms with Crippen molar-refractivity contribution in [2.75, 3.05) is 6.26 Å². The van der Waals surface area contributed by atoms with Gasteiger partial charge in [-0.25, -0.2) is 8.99 Å². The van der Waals surface area contributed by atoms with Crippen molar-refractivity contribution in [1.29, 1.82) is 4.78 Å². The van der Waals surface area contributed by atoms with Gasteiger partial charge in [-0.3, -0.25) is 4.68 Å². The summed E-state index contributed by atoms with van der Waals surface area (Å²) in [5.74, 6) is 0. The Labute approximate surface area is 95.8 Å². The van der Waals surface area contributed by atoms with E-state index in [2.05, 4.69) is 5.10 Å². The number of nitrogens with two attached hydrogens (primary N) is 1. The third-order valence-corrected chi connectivity index (χ3v) is 2.82. The summed E-state index contributed by atoms with van der Waals surface area (Å²) in [5, 5.41) is 3.89. The molecule has 3 N–H and O–H groups in total. The van der Waals surface area contributed by atoms with Crippen LogP contribution in [-0.4, -0.2) is 20.2 Å². The average molecular weight is 261 g/mol. The molecule has 0 saturated heterocycles. The first-order valence-corrected chi connectivity index (χ1v) is 5.38. The number of aryl methyl sites for hydroxylation is 1. The predicted octanol–water partition coefficient (Wildman–Crippen LogP) is 0.758. The molecule has 8 heteroatoms. The third-order valence-electron chi connectivity index (χ3n) is 1.64. The van der Waals surface area contributed by atoms with Crippen LogP contribution in [0.5, 0.6) is 0 Å². The van der Waals surface area contributed by atoms with E-state index in [1.807, 2.05) is 0 Å². The van der Waals surface area contributed by atoms with E-state index in [-0.39, 0.29) is 31.4 Å².